The first kappa shape index (κ1) is 20.5. The summed E-state index contributed by atoms with van der Waals surface area (Å²) in [5.41, 5.74) is 11.3. The molecule has 3 rings (SSSR count). The number of hydrogen-bond acceptors (Lipinski definition) is 3. The van der Waals surface area contributed by atoms with Crippen LogP contribution in [0.4, 0.5) is 0 Å². The fraction of sp³-hybridized carbons (Fsp3) is 0. The Kier molecular flexibility index (Phi) is 7.01. The number of furan rings is 1. The first-order valence-corrected chi connectivity index (χ1v) is 6.77. The molecule has 0 saturated heterocycles. The predicted molar refractivity (Wildman–Crippen MR) is 78.8 cm³/mol. The Morgan fingerprint density at radius 3 is 1.28 bits per heavy atom. The molecule has 0 aliphatic rings. The molecule has 0 fully saturated rings. The minimum Gasteiger partial charge on any atom is -1.00 e. The molecular formula is C16H14Br2N4O3. The van der Waals surface area contributed by atoms with Crippen LogP contribution in [-0.4, -0.2) is 11.8 Å². The van der Waals surface area contributed by atoms with Crippen LogP contribution in [0, 0.1) is 0 Å². The first-order chi connectivity index (χ1) is 11.0. The number of primary amides is 2. The van der Waals surface area contributed by atoms with Gasteiger partial charge in [-0.15, -0.1) is 9.13 Å². The number of nitrogens with two attached hydrogens (primary N) is 2. The van der Waals surface area contributed by atoms with Gasteiger partial charge in [-0.25, -0.2) is 0 Å². The summed E-state index contributed by atoms with van der Waals surface area (Å²) in [5.74, 6) is 0.176. The van der Waals surface area contributed by atoms with Gasteiger partial charge in [-0.3, -0.25) is 9.59 Å². The number of carbonyl (C=O) groups is 2. The molecule has 0 atom stereocenters. The van der Waals surface area contributed by atoms with Crippen molar-refractivity contribution in [1.29, 1.82) is 0 Å². The largest absolute Gasteiger partial charge is 1.00 e. The highest BCUT2D eigenvalue weighted by atomic mass is 79.9. The fourth-order valence-electron chi connectivity index (χ4n) is 2.07. The Labute approximate surface area is 164 Å². The van der Waals surface area contributed by atoms with E-state index in [1.54, 1.807) is 70.3 Å². The maximum absolute atomic E-state index is 11.1. The van der Waals surface area contributed by atoms with E-state index in [1.807, 2.05) is 0 Å². The maximum atomic E-state index is 11.1. The Bertz CT molecular complexity index is 805. The van der Waals surface area contributed by atoms with Crippen LogP contribution in [0.2, 0.25) is 0 Å². The van der Waals surface area contributed by atoms with Crippen molar-refractivity contribution in [3.63, 3.8) is 0 Å². The summed E-state index contributed by atoms with van der Waals surface area (Å²) in [4.78, 5) is 22.1. The summed E-state index contributed by atoms with van der Waals surface area (Å²) in [5, 5.41) is 0. The topological polar surface area (TPSA) is 107 Å². The molecule has 0 aromatic carbocycles. The van der Waals surface area contributed by atoms with Crippen LogP contribution < -0.4 is 54.6 Å². The van der Waals surface area contributed by atoms with Crippen molar-refractivity contribution >= 4 is 11.8 Å². The molecule has 0 radical (unpaired) electrons. The Hall–Kier alpha value is -2.52. The fourth-order valence-corrected chi connectivity index (χ4v) is 2.07. The van der Waals surface area contributed by atoms with Crippen LogP contribution in [0.15, 0.2) is 65.6 Å². The number of pyridine rings is 2. The number of aromatic nitrogens is 2. The van der Waals surface area contributed by atoms with Gasteiger partial charge in [0.25, 0.3) is 0 Å². The highest BCUT2D eigenvalue weighted by molar-refractivity contribution is 5.92. The van der Waals surface area contributed by atoms with Crippen molar-refractivity contribution in [3.8, 4) is 11.8 Å². The lowest BCUT2D eigenvalue weighted by Crippen LogP contribution is -3.00. The summed E-state index contributed by atoms with van der Waals surface area (Å²) in [6.45, 7) is 0. The van der Waals surface area contributed by atoms with Gasteiger partial charge in [-0.1, -0.05) is 0 Å². The minimum absolute atomic E-state index is 0. The number of carbonyl (C=O) groups excluding carboxylic acids is 2. The Morgan fingerprint density at radius 1 is 0.680 bits per heavy atom. The quantitative estimate of drug-likeness (QED) is 0.371. The third-order valence-electron chi connectivity index (χ3n) is 3.31. The summed E-state index contributed by atoms with van der Waals surface area (Å²) < 4.78 is 9.18. The Balaban J connectivity index is 0.00000156. The zero-order valence-electron chi connectivity index (χ0n) is 12.8. The van der Waals surface area contributed by atoms with E-state index in [9.17, 15) is 9.59 Å². The van der Waals surface area contributed by atoms with Crippen molar-refractivity contribution in [1.82, 2.24) is 0 Å². The van der Waals surface area contributed by atoms with E-state index in [1.165, 1.54) is 0 Å². The van der Waals surface area contributed by atoms with Crippen LogP contribution in [0.25, 0.3) is 11.8 Å². The van der Waals surface area contributed by atoms with Crippen LogP contribution in [0.3, 0.4) is 0 Å². The molecule has 0 saturated carbocycles. The molecule has 25 heavy (non-hydrogen) atoms. The average Bonchev–Trinajstić information content (AvgIpc) is 3.05. The van der Waals surface area contributed by atoms with Gasteiger partial charge in [0.1, 0.15) is 0 Å². The molecule has 0 spiro atoms. The molecule has 0 aliphatic heterocycles. The third kappa shape index (κ3) is 4.52. The van der Waals surface area contributed by atoms with Gasteiger partial charge in [0.15, 0.2) is 24.8 Å². The second-order valence-corrected chi connectivity index (χ2v) is 4.83. The van der Waals surface area contributed by atoms with Crippen molar-refractivity contribution < 1.29 is 57.1 Å². The lowest BCUT2D eigenvalue weighted by Gasteiger charge is -1.94. The maximum Gasteiger partial charge on any atom is 0.383 e. The monoisotopic (exact) mass is 468 g/mol. The number of halogens is 2. The number of hydrogen-bond donors (Lipinski definition) is 2. The van der Waals surface area contributed by atoms with Gasteiger partial charge >= 0.3 is 11.8 Å². The highest BCUT2D eigenvalue weighted by Crippen LogP contribution is 2.08. The minimum atomic E-state index is -0.484. The van der Waals surface area contributed by atoms with E-state index in [0.29, 0.717) is 22.9 Å². The number of amides is 2. The predicted octanol–water partition coefficient (Wildman–Crippen LogP) is -5.96. The van der Waals surface area contributed by atoms with E-state index < -0.39 is 11.8 Å². The molecule has 2 amide bonds. The number of nitrogens with zero attached hydrogens (tertiary/aromatic N) is 2. The SMILES string of the molecule is NC(=O)c1cc[n+](-c2ccc(-[n+]3ccc(C(N)=O)cc3)o2)cc1.[Br-].[Br-]. The average molecular weight is 470 g/mol. The normalized spacial score (nSPS) is 9.60. The molecular weight excluding hydrogens is 456 g/mol. The van der Waals surface area contributed by atoms with Gasteiger partial charge < -0.3 is 49.8 Å². The lowest BCUT2D eigenvalue weighted by molar-refractivity contribution is -0.627. The van der Waals surface area contributed by atoms with Gasteiger partial charge in [-0.05, 0) is 0 Å². The zero-order chi connectivity index (χ0) is 16.4. The van der Waals surface area contributed by atoms with E-state index in [2.05, 4.69) is 0 Å². The standard InChI is InChI=1S/C16H12N4O3.2BrH/c17-15(21)11-3-7-19(8-4-11)13-1-2-14(23-13)20-9-5-12(6-10-20)16(18)22;;/h1-10H,(H2-2,17,18,21,22);2*1H. The third-order valence-corrected chi connectivity index (χ3v) is 3.31. The summed E-state index contributed by atoms with van der Waals surface area (Å²) in [6.07, 6.45) is 6.74. The Morgan fingerprint density at radius 2 is 1.00 bits per heavy atom. The molecule has 3 aromatic heterocycles. The van der Waals surface area contributed by atoms with Crippen molar-refractivity contribution in [2.75, 3.05) is 0 Å². The first-order valence-electron chi connectivity index (χ1n) is 6.77. The molecule has 9 heteroatoms. The van der Waals surface area contributed by atoms with Gasteiger partial charge in [0, 0.05) is 24.3 Å². The lowest BCUT2D eigenvalue weighted by atomic mass is 10.2. The van der Waals surface area contributed by atoms with Gasteiger partial charge in [0.05, 0.1) is 23.3 Å². The zero-order valence-corrected chi connectivity index (χ0v) is 16.0. The summed E-state index contributed by atoms with van der Waals surface area (Å²) in [6, 6.07) is 10.0. The smallest absolute Gasteiger partial charge is 0.383 e. The second-order valence-electron chi connectivity index (χ2n) is 4.83. The van der Waals surface area contributed by atoms with Crippen molar-refractivity contribution in [3.05, 3.63) is 72.3 Å². The van der Waals surface area contributed by atoms with Gasteiger partial charge in [-0.2, -0.15) is 0 Å². The van der Waals surface area contributed by atoms with E-state index >= 15 is 0 Å². The van der Waals surface area contributed by atoms with Crippen LogP contribution in [0.5, 0.6) is 0 Å². The highest BCUT2D eigenvalue weighted by Gasteiger charge is 2.18. The van der Waals surface area contributed by atoms with E-state index in [4.69, 9.17) is 15.9 Å². The number of rotatable bonds is 4. The second kappa shape index (κ2) is 8.54. The van der Waals surface area contributed by atoms with Crippen molar-refractivity contribution in [2.24, 2.45) is 11.5 Å². The summed E-state index contributed by atoms with van der Waals surface area (Å²) in [7, 11) is 0. The van der Waals surface area contributed by atoms with E-state index in [-0.39, 0.29) is 34.0 Å². The molecule has 4 N–H and O–H groups in total. The molecule has 3 aromatic rings. The van der Waals surface area contributed by atoms with E-state index in [0.717, 1.165) is 0 Å². The molecule has 0 bridgehead atoms. The molecule has 7 nitrogen and oxygen atoms in total. The molecule has 3 heterocycles. The van der Waals surface area contributed by atoms with Gasteiger partial charge in [0.2, 0.25) is 11.8 Å². The van der Waals surface area contributed by atoms with Crippen LogP contribution >= 0.6 is 0 Å². The van der Waals surface area contributed by atoms with Crippen LogP contribution in [0.1, 0.15) is 20.7 Å². The van der Waals surface area contributed by atoms with Crippen LogP contribution in [-0.2, 0) is 0 Å². The molecule has 130 valence electrons. The molecule has 0 unspecified atom stereocenters. The molecule has 0 aliphatic carbocycles. The van der Waals surface area contributed by atoms with Crippen molar-refractivity contribution in [2.45, 2.75) is 0 Å². The summed E-state index contributed by atoms with van der Waals surface area (Å²) >= 11 is 0.